The summed E-state index contributed by atoms with van der Waals surface area (Å²) in [5, 5.41) is 2.68. The first-order chi connectivity index (χ1) is 5.69. The van der Waals surface area contributed by atoms with Gasteiger partial charge in [0.2, 0.25) is 5.76 Å². The molecule has 1 aromatic heterocycles. The third-order valence-electron chi connectivity index (χ3n) is 1.38. The van der Waals surface area contributed by atoms with Crippen LogP contribution in [-0.2, 0) is 4.74 Å². The van der Waals surface area contributed by atoms with Crippen LogP contribution in [-0.4, -0.2) is 25.1 Å². The van der Waals surface area contributed by atoms with E-state index in [4.69, 9.17) is 4.42 Å². The SMILES string of the molecule is CNc1nc(C)c(C(=O)OC)o1. The van der Waals surface area contributed by atoms with E-state index in [1.165, 1.54) is 7.11 Å². The number of oxazole rings is 1. The highest BCUT2D eigenvalue weighted by Crippen LogP contribution is 2.14. The summed E-state index contributed by atoms with van der Waals surface area (Å²) in [6.07, 6.45) is 0. The summed E-state index contributed by atoms with van der Waals surface area (Å²) in [4.78, 5) is 14.9. The molecule has 66 valence electrons. The maximum absolute atomic E-state index is 11.0. The summed E-state index contributed by atoms with van der Waals surface area (Å²) in [6, 6.07) is 0.313. The largest absolute Gasteiger partial charge is 0.463 e. The minimum absolute atomic E-state index is 0.141. The molecule has 1 rings (SSSR count). The van der Waals surface area contributed by atoms with Crippen molar-refractivity contribution in [3.63, 3.8) is 0 Å². The number of hydrogen-bond donors (Lipinski definition) is 1. The Bertz CT molecular complexity index is 293. The summed E-state index contributed by atoms with van der Waals surface area (Å²) in [5.41, 5.74) is 0.520. The monoisotopic (exact) mass is 170 g/mol. The topological polar surface area (TPSA) is 64.4 Å². The number of aryl methyl sites for hydroxylation is 1. The van der Waals surface area contributed by atoms with Crippen molar-refractivity contribution in [3.8, 4) is 0 Å². The van der Waals surface area contributed by atoms with Gasteiger partial charge in [0.15, 0.2) is 0 Å². The second kappa shape index (κ2) is 3.25. The third kappa shape index (κ3) is 1.39. The van der Waals surface area contributed by atoms with Crippen molar-refractivity contribution in [2.45, 2.75) is 6.92 Å². The van der Waals surface area contributed by atoms with Gasteiger partial charge in [-0.2, -0.15) is 4.98 Å². The van der Waals surface area contributed by atoms with Crippen LogP contribution in [0, 0.1) is 6.92 Å². The number of carbonyl (C=O) groups excluding carboxylic acids is 1. The molecule has 0 saturated heterocycles. The standard InChI is InChI=1S/C7H10N2O3/c1-4-5(6(10)11-3)12-7(8-2)9-4/h1-3H3,(H,8,9). The van der Waals surface area contributed by atoms with Gasteiger partial charge < -0.3 is 14.5 Å². The highest BCUT2D eigenvalue weighted by atomic mass is 16.5. The maximum atomic E-state index is 11.0. The average Bonchev–Trinajstić information content (AvgIpc) is 2.45. The first-order valence-corrected chi connectivity index (χ1v) is 3.42. The molecule has 0 aliphatic heterocycles. The Balaban J connectivity index is 2.99. The number of methoxy groups -OCH3 is 1. The van der Waals surface area contributed by atoms with Gasteiger partial charge in [-0.05, 0) is 6.92 Å². The van der Waals surface area contributed by atoms with Crippen molar-refractivity contribution >= 4 is 12.0 Å². The van der Waals surface area contributed by atoms with Crippen LogP contribution in [0.2, 0.25) is 0 Å². The van der Waals surface area contributed by atoms with Gasteiger partial charge in [0.05, 0.1) is 12.8 Å². The number of hydrogen-bond acceptors (Lipinski definition) is 5. The summed E-state index contributed by atoms with van der Waals surface area (Å²) in [6.45, 7) is 1.68. The van der Waals surface area contributed by atoms with Gasteiger partial charge in [-0.3, -0.25) is 0 Å². The molecule has 0 aliphatic carbocycles. The van der Waals surface area contributed by atoms with Crippen LogP contribution in [0.4, 0.5) is 6.01 Å². The quantitative estimate of drug-likeness (QED) is 0.665. The minimum atomic E-state index is -0.512. The maximum Gasteiger partial charge on any atom is 0.376 e. The van der Waals surface area contributed by atoms with Crippen molar-refractivity contribution < 1.29 is 13.9 Å². The van der Waals surface area contributed by atoms with Gasteiger partial charge in [0, 0.05) is 7.05 Å². The number of ether oxygens (including phenoxy) is 1. The minimum Gasteiger partial charge on any atom is -0.463 e. The van der Waals surface area contributed by atoms with Crippen molar-refractivity contribution in [2.75, 3.05) is 19.5 Å². The zero-order valence-corrected chi connectivity index (χ0v) is 7.17. The molecule has 0 spiro atoms. The van der Waals surface area contributed by atoms with Crippen LogP contribution in [0.25, 0.3) is 0 Å². The summed E-state index contributed by atoms with van der Waals surface area (Å²) in [5.74, 6) is -0.372. The van der Waals surface area contributed by atoms with E-state index in [0.29, 0.717) is 11.7 Å². The van der Waals surface area contributed by atoms with E-state index in [2.05, 4.69) is 15.0 Å². The van der Waals surface area contributed by atoms with Crippen molar-refractivity contribution in [1.29, 1.82) is 0 Å². The Morgan fingerprint density at radius 2 is 2.33 bits per heavy atom. The van der Waals surface area contributed by atoms with E-state index in [-0.39, 0.29) is 5.76 Å². The molecule has 5 nitrogen and oxygen atoms in total. The van der Waals surface area contributed by atoms with Crippen LogP contribution in [0.3, 0.4) is 0 Å². The number of esters is 1. The van der Waals surface area contributed by atoms with Gasteiger partial charge >= 0.3 is 5.97 Å². The lowest BCUT2D eigenvalue weighted by atomic mass is 10.4. The fourth-order valence-corrected chi connectivity index (χ4v) is 0.785. The van der Waals surface area contributed by atoms with Gasteiger partial charge in [0.25, 0.3) is 6.01 Å². The van der Waals surface area contributed by atoms with E-state index >= 15 is 0 Å². The number of anilines is 1. The summed E-state index contributed by atoms with van der Waals surface area (Å²) >= 11 is 0. The van der Waals surface area contributed by atoms with Gasteiger partial charge in [0.1, 0.15) is 0 Å². The van der Waals surface area contributed by atoms with Crippen LogP contribution in [0.1, 0.15) is 16.2 Å². The second-order valence-electron chi connectivity index (χ2n) is 2.18. The van der Waals surface area contributed by atoms with Gasteiger partial charge in [-0.1, -0.05) is 0 Å². The number of carbonyl (C=O) groups is 1. The highest BCUT2D eigenvalue weighted by molar-refractivity contribution is 5.87. The number of rotatable bonds is 2. The van der Waals surface area contributed by atoms with Crippen LogP contribution in [0.15, 0.2) is 4.42 Å². The fourth-order valence-electron chi connectivity index (χ4n) is 0.785. The Morgan fingerprint density at radius 3 is 2.75 bits per heavy atom. The lowest BCUT2D eigenvalue weighted by Gasteiger charge is -1.92. The molecule has 0 unspecified atom stereocenters. The third-order valence-corrected chi connectivity index (χ3v) is 1.38. The van der Waals surface area contributed by atoms with E-state index in [1.807, 2.05) is 0 Å². The first-order valence-electron chi connectivity index (χ1n) is 3.42. The molecule has 5 heteroatoms. The molecule has 0 amide bonds. The number of nitrogens with one attached hydrogen (secondary N) is 1. The van der Waals surface area contributed by atoms with Crippen molar-refractivity contribution in [2.24, 2.45) is 0 Å². The molecule has 1 aromatic rings. The molecular formula is C7H10N2O3. The zero-order valence-electron chi connectivity index (χ0n) is 7.17. The van der Waals surface area contributed by atoms with Crippen LogP contribution < -0.4 is 5.32 Å². The molecule has 0 bridgehead atoms. The normalized spacial score (nSPS) is 9.58. The molecular weight excluding hydrogens is 160 g/mol. The second-order valence-corrected chi connectivity index (χ2v) is 2.18. The lowest BCUT2D eigenvalue weighted by Crippen LogP contribution is -2.00. The predicted octanol–water partition coefficient (Wildman–Crippen LogP) is 0.811. The molecule has 0 saturated carbocycles. The van der Waals surface area contributed by atoms with Gasteiger partial charge in [-0.25, -0.2) is 4.79 Å². The van der Waals surface area contributed by atoms with E-state index < -0.39 is 5.97 Å². The summed E-state index contributed by atoms with van der Waals surface area (Å²) < 4.78 is 9.49. The van der Waals surface area contributed by atoms with Crippen LogP contribution in [0.5, 0.6) is 0 Å². The summed E-state index contributed by atoms with van der Waals surface area (Å²) in [7, 11) is 2.95. The van der Waals surface area contributed by atoms with E-state index in [1.54, 1.807) is 14.0 Å². The van der Waals surface area contributed by atoms with Gasteiger partial charge in [-0.15, -0.1) is 0 Å². The highest BCUT2D eigenvalue weighted by Gasteiger charge is 2.16. The first kappa shape index (κ1) is 8.58. The molecule has 0 radical (unpaired) electrons. The Kier molecular flexibility index (Phi) is 2.32. The molecule has 0 aromatic carbocycles. The Morgan fingerprint density at radius 1 is 1.67 bits per heavy atom. The fraction of sp³-hybridized carbons (Fsp3) is 0.429. The zero-order chi connectivity index (χ0) is 9.14. The van der Waals surface area contributed by atoms with E-state index in [0.717, 1.165) is 0 Å². The van der Waals surface area contributed by atoms with E-state index in [9.17, 15) is 4.79 Å². The Hall–Kier alpha value is -1.52. The average molecular weight is 170 g/mol. The lowest BCUT2D eigenvalue weighted by molar-refractivity contribution is 0.0565. The molecule has 1 heterocycles. The molecule has 0 fully saturated rings. The number of nitrogens with zero attached hydrogens (tertiary/aromatic N) is 1. The predicted molar refractivity (Wildman–Crippen MR) is 42.1 cm³/mol. The van der Waals surface area contributed by atoms with Crippen molar-refractivity contribution in [1.82, 2.24) is 4.98 Å². The Labute approximate surface area is 69.7 Å². The smallest absolute Gasteiger partial charge is 0.376 e. The molecule has 12 heavy (non-hydrogen) atoms. The van der Waals surface area contributed by atoms with Crippen LogP contribution >= 0.6 is 0 Å². The molecule has 1 N–H and O–H groups in total. The number of aromatic nitrogens is 1. The molecule has 0 aliphatic rings. The van der Waals surface area contributed by atoms with Crippen molar-refractivity contribution in [3.05, 3.63) is 11.5 Å². The molecule has 0 atom stereocenters.